The Labute approximate surface area is 159 Å². The van der Waals surface area contributed by atoms with E-state index in [0.29, 0.717) is 30.8 Å². The van der Waals surface area contributed by atoms with Gasteiger partial charge in [0, 0.05) is 31.1 Å². The fraction of sp³-hybridized carbons (Fsp3) is 0.318. The van der Waals surface area contributed by atoms with Crippen molar-refractivity contribution in [1.29, 1.82) is 5.26 Å². The van der Waals surface area contributed by atoms with Gasteiger partial charge in [-0.05, 0) is 43.5 Å². The molecule has 27 heavy (non-hydrogen) atoms. The third kappa shape index (κ3) is 4.53. The number of hydrogen-bond donors (Lipinski definition) is 1. The fourth-order valence-electron chi connectivity index (χ4n) is 3.42. The number of piperidine rings is 1. The lowest BCUT2D eigenvalue weighted by molar-refractivity contribution is -0.125. The van der Waals surface area contributed by atoms with E-state index in [2.05, 4.69) is 16.3 Å². The van der Waals surface area contributed by atoms with Gasteiger partial charge in [0.1, 0.15) is 6.07 Å². The van der Waals surface area contributed by atoms with E-state index < -0.39 is 0 Å². The molecule has 1 heterocycles. The van der Waals surface area contributed by atoms with Crippen LogP contribution in [-0.2, 0) is 11.3 Å². The van der Waals surface area contributed by atoms with Gasteiger partial charge in [-0.15, -0.1) is 0 Å². The minimum atomic E-state index is -0.0218. The van der Waals surface area contributed by atoms with Crippen LogP contribution < -0.4 is 10.2 Å². The Kier molecular flexibility index (Phi) is 5.87. The third-order valence-corrected chi connectivity index (χ3v) is 5.04. The quantitative estimate of drug-likeness (QED) is 0.830. The number of nitrogens with zero attached hydrogens (tertiary/aromatic N) is 2. The first-order valence-corrected chi connectivity index (χ1v) is 9.20. The summed E-state index contributed by atoms with van der Waals surface area (Å²) in [6.45, 7) is 3.45. The van der Waals surface area contributed by atoms with Crippen molar-refractivity contribution in [2.75, 3.05) is 18.0 Å². The molecule has 5 nitrogen and oxygen atoms in total. The lowest BCUT2D eigenvalue weighted by atomic mass is 9.94. The van der Waals surface area contributed by atoms with Gasteiger partial charge in [-0.1, -0.05) is 30.3 Å². The third-order valence-electron chi connectivity index (χ3n) is 5.04. The molecule has 0 atom stereocenters. The summed E-state index contributed by atoms with van der Waals surface area (Å²) in [5.41, 5.74) is 3.04. The van der Waals surface area contributed by atoms with Crippen molar-refractivity contribution in [2.24, 2.45) is 5.92 Å². The lowest BCUT2D eigenvalue weighted by Gasteiger charge is -2.33. The van der Waals surface area contributed by atoms with E-state index in [0.717, 1.165) is 24.1 Å². The number of ketones is 1. The molecule has 2 aromatic carbocycles. The molecule has 1 amide bonds. The summed E-state index contributed by atoms with van der Waals surface area (Å²) in [6.07, 6.45) is 1.46. The molecule has 1 N–H and O–H groups in total. The summed E-state index contributed by atoms with van der Waals surface area (Å²) in [4.78, 5) is 26.2. The predicted molar refractivity (Wildman–Crippen MR) is 104 cm³/mol. The van der Waals surface area contributed by atoms with Gasteiger partial charge in [-0.3, -0.25) is 9.59 Å². The molecule has 0 bridgehead atoms. The van der Waals surface area contributed by atoms with E-state index in [1.165, 1.54) is 6.92 Å². The lowest BCUT2D eigenvalue weighted by Crippen LogP contribution is -2.40. The zero-order valence-corrected chi connectivity index (χ0v) is 15.4. The van der Waals surface area contributed by atoms with Crippen LogP contribution in [0.3, 0.4) is 0 Å². The molecule has 138 valence electrons. The average Bonchev–Trinajstić information content (AvgIpc) is 2.72. The van der Waals surface area contributed by atoms with E-state index in [9.17, 15) is 14.9 Å². The minimum absolute atomic E-state index is 0.0177. The van der Waals surface area contributed by atoms with E-state index >= 15 is 0 Å². The molecule has 1 aliphatic rings. The van der Waals surface area contributed by atoms with Crippen LogP contribution in [-0.4, -0.2) is 24.8 Å². The fourth-order valence-corrected chi connectivity index (χ4v) is 3.42. The van der Waals surface area contributed by atoms with Crippen LogP contribution in [0.25, 0.3) is 0 Å². The Morgan fingerprint density at radius 2 is 1.85 bits per heavy atom. The second-order valence-corrected chi connectivity index (χ2v) is 6.86. The molecule has 2 aromatic rings. The number of nitrogens with one attached hydrogen (secondary N) is 1. The van der Waals surface area contributed by atoms with Crippen LogP contribution in [0.5, 0.6) is 0 Å². The SMILES string of the molecule is CC(=O)c1ccc(C#N)c(N2CCC(C(=O)NCc3ccccc3)CC2)c1. The second-order valence-electron chi connectivity index (χ2n) is 6.86. The Morgan fingerprint density at radius 3 is 2.48 bits per heavy atom. The minimum Gasteiger partial charge on any atom is -0.370 e. The van der Waals surface area contributed by atoms with Gasteiger partial charge in [0.25, 0.3) is 0 Å². The first-order chi connectivity index (χ1) is 13.1. The van der Waals surface area contributed by atoms with Crippen LogP contribution in [0.15, 0.2) is 48.5 Å². The monoisotopic (exact) mass is 361 g/mol. The van der Waals surface area contributed by atoms with Gasteiger partial charge in [-0.25, -0.2) is 0 Å². The summed E-state index contributed by atoms with van der Waals surface area (Å²) < 4.78 is 0. The molecule has 1 saturated heterocycles. The highest BCUT2D eigenvalue weighted by atomic mass is 16.1. The number of nitriles is 1. The molecule has 5 heteroatoms. The van der Waals surface area contributed by atoms with Crippen LogP contribution in [0, 0.1) is 17.2 Å². The van der Waals surface area contributed by atoms with E-state index in [1.807, 2.05) is 30.3 Å². The molecule has 0 saturated carbocycles. The van der Waals surface area contributed by atoms with Crippen molar-refractivity contribution in [3.05, 3.63) is 65.2 Å². The molecule has 1 fully saturated rings. The topological polar surface area (TPSA) is 73.2 Å². The summed E-state index contributed by atoms with van der Waals surface area (Å²) in [6, 6.07) is 17.2. The predicted octanol–water partition coefficient (Wildman–Crippen LogP) is 3.29. The number of carbonyl (C=O) groups is 2. The first kappa shape index (κ1) is 18.7. The highest BCUT2D eigenvalue weighted by Gasteiger charge is 2.26. The molecule has 3 rings (SSSR count). The molecule has 0 unspecified atom stereocenters. The number of amides is 1. The van der Waals surface area contributed by atoms with Gasteiger partial charge >= 0.3 is 0 Å². The van der Waals surface area contributed by atoms with E-state index in [1.54, 1.807) is 18.2 Å². The molecule has 0 radical (unpaired) electrons. The number of Topliss-reactive ketones (excluding diaryl/α,β-unsaturated/α-hetero) is 1. The number of anilines is 1. The molecular formula is C22H23N3O2. The standard InChI is InChI=1S/C22H23N3O2/c1-16(26)19-7-8-20(14-23)21(13-19)25-11-9-18(10-12-25)22(27)24-15-17-5-3-2-4-6-17/h2-8,13,18H,9-12,15H2,1H3,(H,24,27). The van der Waals surface area contributed by atoms with Crippen molar-refractivity contribution >= 4 is 17.4 Å². The first-order valence-electron chi connectivity index (χ1n) is 9.20. The Bertz CT molecular complexity index is 863. The summed E-state index contributed by atoms with van der Waals surface area (Å²) >= 11 is 0. The maximum Gasteiger partial charge on any atom is 0.223 e. The van der Waals surface area contributed by atoms with Crippen molar-refractivity contribution in [1.82, 2.24) is 5.32 Å². The number of hydrogen-bond acceptors (Lipinski definition) is 4. The Hall–Kier alpha value is -3.13. The van der Waals surface area contributed by atoms with Gasteiger partial charge in [-0.2, -0.15) is 5.26 Å². The van der Waals surface area contributed by atoms with Crippen LogP contribution in [0.4, 0.5) is 5.69 Å². The molecule has 1 aliphatic heterocycles. The molecular weight excluding hydrogens is 338 g/mol. The van der Waals surface area contributed by atoms with Gasteiger partial charge in [0.05, 0.1) is 11.3 Å². The summed E-state index contributed by atoms with van der Waals surface area (Å²) in [7, 11) is 0. The normalized spacial score (nSPS) is 14.4. The maximum atomic E-state index is 12.5. The molecule has 0 aliphatic carbocycles. The second kappa shape index (κ2) is 8.50. The van der Waals surface area contributed by atoms with Crippen LogP contribution in [0.1, 0.15) is 41.3 Å². The summed E-state index contributed by atoms with van der Waals surface area (Å²) in [5.74, 6) is 0.0406. The average molecular weight is 361 g/mol. The van der Waals surface area contributed by atoms with Gasteiger partial charge in [0.2, 0.25) is 5.91 Å². The summed E-state index contributed by atoms with van der Waals surface area (Å²) in [5, 5.41) is 12.4. The largest absolute Gasteiger partial charge is 0.370 e. The highest BCUT2D eigenvalue weighted by molar-refractivity contribution is 5.95. The Balaban J connectivity index is 1.60. The van der Waals surface area contributed by atoms with E-state index in [-0.39, 0.29) is 17.6 Å². The zero-order chi connectivity index (χ0) is 19.2. The van der Waals surface area contributed by atoms with Crippen molar-refractivity contribution in [3.63, 3.8) is 0 Å². The number of rotatable bonds is 5. The number of carbonyl (C=O) groups excluding carboxylic acids is 2. The van der Waals surface area contributed by atoms with Gasteiger partial charge < -0.3 is 10.2 Å². The molecule has 0 aromatic heterocycles. The van der Waals surface area contributed by atoms with Crippen molar-refractivity contribution in [2.45, 2.75) is 26.3 Å². The van der Waals surface area contributed by atoms with Crippen molar-refractivity contribution in [3.8, 4) is 6.07 Å². The number of benzene rings is 2. The molecule has 0 spiro atoms. The Morgan fingerprint density at radius 1 is 1.15 bits per heavy atom. The maximum absolute atomic E-state index is 12.5. The van der Waals surface area contributed by atoms with Crippen molar-refractivity contribution < 1.29 is 9.59 Å². The van der Waals surface area contributed by atoms with Gasteiger partial charge in [0.15, 0.2) is 5.78 Å². The smallest absolute Gasteiger partial charge is 0.223 e. The highest BCUT2D eigenvalue weighted by Crippen LogP contribution is 2.27. The van der Waals surface area contributed by atoms with Crippen LogP contribution >= 0.6 is 0 Å². The zero-order valence-electron chi connectivity index (χ0n) is 15.4. The van der Waals surface area contributed by atoms with E-state index in [4.69, 9.17) is 0 Å². The van der Waals surface area contributed by atoms with Crippen LogP contribution in [0.2, 0.25) is 0 Å².